The van der Waals surface area contributed by atoms with Crippen LogP contribution in [0.1, 0.15) is 29.5 Å². The van der Waals surface area contributed by atoms with Gasteiger partial charge in [0.15, 0.2) is 5.69 Å². The topological polar surface area (TPSA) is 83.8 Å². The monoisotopic (exact) mass is 400 g/mol. The van der Waals surface area contributed by atoms with Gasteiger partial charge in [0.25, 0.3) is 5.91 Å². The summed E-state index contributed by atoms with van der Waals surface area (Å²) in [5.74, 6) is -0.339. The number of nitrogens with one attached hydrogen (secondary N) is 2. The fraction of sp³-hybridized carbons (Fsp3) is 0.231. The minimum Gasteiger partial charge on any atom is -0.395 e. The minimum absolute atomic E-state index is 0.219. The van der Waals surface area contributed by atoms with Crippen molar-refractivity contribution in [2.24, 2.45) is 0 Å². The van der Waals surface area contributed by atoms with Crippen LogP contribution in [0.15, 0.2) is 27.1 Å². The Morgan fingerprint density at radius 3 is 2.65 bits per heavy atom. The van der Waals surface area contributed by atoms with Gasteiger partial charge in [0.1, 0.15) is 0 Å². The van der Waals surface area contributed by atoms with E-state index in [0.29, 0.717) is 11.4 Å². The lowest BCUT2D eigenvalue weighted by Crippen LogP contribution is -2.15. The molecule has 0 bridgehead atoms. The molecule has 1 heterocycles. The number of carbonyl (C=O) groups excluding carboxylic acids is 1. The van der Waals surface area contributed by atoms with Gasteiger partial charge in [0.05, 0.1) is 17.1 Å². The second kappa shape index (κ2) is 6.41. The van der Waals surface area contributed by atoms with E-state index >= 15 is 0 Å². The Hall–Kier alpha value is -1.34. The number of aromatic nitrogens is 2. The second-order valence-electron chi connectivity index (χ2n) is 4.27. The number of halogens is 2. The van der Waals surface area contributed by atoms with E-state index in [-0.39, 0.29) is 11.6 Å². The molecule has 1 aromatic carbocycles. The first kappa shape index (κ1) is 15.1. The lowest BCUT2D eigenvalue weighted by atomic mass is 10.2. The first-order valence-corrected chi connectivity index (χ1v) is 7.71. The summed E-state index contributed by atoms with van der Waals surface area (Å²) >= 11 is 6.79. The van der Waals surface area contributed by atoms with Crippen molar-refractivity contribution < 1.29 is 4.79 Å². The molecule has 2 rings (SSSR count). The lowest BCUT2D eigenvalue weighted by molar-refractivity contribution is 0.102. The fourth-order valence-electron chi connectivity index (χ4n) is 1.79. The Bertz CT molecular complexity index is 619. The molecule has 2 aromatic rings. The molecule has 7 heteroatoms. The maximum atomic E-state index is 12.2. The van der Waals surface area contributed by atoms with E-state index < -0.39 is 0 Å². The molecule has 0 saturated heterocycles. The lowest BCUT2D eigenvalue weighted by Gasteiger charge is -2.08. The molecule has 5 nitrogen and oxygen atoms in total. The van der Waals surface area contributed by atoms with Gasteiger partial charge in [-0.15, -0.1) is 0 Å². The molecular formula is C13H14Br2N4O. The predicted molar refractivity (Wildman–Crippen MR) is 86.8 cm³/mol. The largest absolute Gasteiger partial charge is 0.395 e. The molecule has 0 saturated carbocycles. The molecule has 0 aliphatic rings. The number of H-pyrrole nitrogens is 1. The number of para-hydroxylation sites is 1. The number of anilines is 2. The quantitative estimate of drug-likeness (QED) is 0.729. The highest BCUT2D eigenvalue weighted by Crippen LogP contribution is 2.31. The molecule has 0 radical (unpaired) electrons. The summed E-state index contributed by atoms with van der Waals surface area (Å²) in [7, 11) is 0. The van der Waals surface area contributed by atoms with E-state index in [1.54, 1.807) is 0 Å². The Labute approximate surface area is 133 Å². The number of aromatic amines is 1. The summed E-state index contributed by atoms with van der Waals surface area (Å²) in [5.41, 5.74) is 8.02. The summed E-state index contributed by atoms with van der Waals surface area (Å²) in [4.78, 5) is 12.2. The third-order valence-electron chi connectivity index (χ3n) is 2.80. The SMILES string of the molecule is CCCc1[nH]nc(C(=O)Nc2c(Br)cccc2Br)c1N. The normalized spacial score (nSPS) is 10.6. The molecule has 1 amide bonds. The zero-order chi connectivity index (χ0) is 14.7. The highest BCUT2D eigenvalue weighted by atomic mass is 79.9. The molecule has 0 fully saturated rings. The fourth-order valence-corrected chi connectivity index (χ4v) is 2.99. The Kier molecular flexibility index (Phi) is 4.82. The number of nitrogen functional groups attached to an aromatic ring is 1. The molecule has 106 valence electrons. The standard InChI is InChI=1S/C13H14Br2N4O/c1-2-4-9-10(16)12(19-18-9)13(20)17-11-7(14)5-3-6-8(11)15/h3,5-6H,2,4,16H2,1H3,(H,17,20)(H,18,19). The molecule has 0 aliphatic carbocycles. The van der Waals surface area contributed by atoms with Gasteiger partial charge in [0.2, 0.25) is 0 Å². The van der Waals surface area contributed by atoms with Crippen LogP contribution >= 0.6 is 31.9 Å². The summed E-state index contributed by atoms with van der Waals surface area (Å²) in [6.07, 6.45) is 1.70. The smallest absolute Gasteiger partial charge is 0.278 e. The second-order valence-corrected chi connectivity index (χ2v) is 5.97. The number of hydrogen-bond donors (Lipinski definition) is 3. The van der Waals surface area contributed by atoms with Crippen molar-refractivity contribution in [3.63, 3.8) is 0 Å². The van der Waals surface area contributed by atoms with E-state index in [4.69, 9.17) is 5.73 Å². The van der Waals surface area contributed by atoms with Gasteiger partial charge >= 0.3 is 0 Å². The number of carbonyl (C=O) groups is 1. The van der Waals surface area contributed by atoms with Crippen molar-refractivity contribution >= 4 is 49.1 Å². The van der Waals surface area contributed by atoms with E-state index in [9.17, 15) is 4.79 Å². The average Bonchev–Trinajstić information content (AvgIpc) is 2.76. The molecule has 4 N–H and O–H groups in total. The van der Waals surface area contributed by atoms with Crippen LogP contribution < -0.4 is 11.1 Å². The van der Waals surface area contributed by atoms with Crippen molar-refractivity contribution in [3.05, 3.63) is 38.5 Å². The van der Waals surface area contributed by atoms with E-state index in [2.05, 4.69) is 47.4 Å². The average molecular weight is 402 g/mol. The van der Waals surface area contributed by atoms with Gasteiger partial charge < -0.3 is 11.1 Å². The van der Waals surface area contributed by atoms with Crippen molar-refractivity contribution in [2.45, 2.75) is 19.8 Å². The number of aryl methyl sites for hydroxylation is 1. The van der Waals surface area contributed by atoms with Crippen molar-refractivity contribution in [2.75, 3.05) is 11.1 Å². The van der Waals surface area contributed by atoms with Crippen LogP contribution in [0.2, 0.25) is 0 Å². The van der Waals surface area contributed by atoms with Gasteiger partial charge in [0, 0.05) is 8.95 Å². The number of nitrogens with two attached hydrogens (primary N) is 1. The number of benzene rings is 1. The maximum Gasteiger partial charge on any atom is 0.278 e. The van der Waals surface area contributed by atoms with Crippen LogP contribution in [0.4, 0.5) is 11.4 Å². The van der Waals surface area contributed by atoms with Crippen LogP contribution in [-0.4, -0.2) is 16.1 Å². The van der Waals surface area contributed by atoms with Crippen LogP contribution in [0, 0.1) is 0 Å². The molecule has 0 unspecified atom stereocenters. The third kappa shape index (κ3) is 3.04. The molecule has 1 aromatic heterocycles. The highest BCUT2D eigenvalue weighted by molar-refractivity contribution is 9.11. The zero-order valence-electron chi connectivity index (χ0n) is 10.8. The van der Waals surface area contributed by atoms with Gasteiger partial charge in [-0.1, -0.05) is 19.4 Å². The highest BCUT2D eigenvalue weighted by Gasteiger charge is 2.18. The molecule has 0 aliphatic heterocycles. The first-order valence-electron chi connectivity index (χ1n) is 6.12. The summed E-state index contributed by atoms with van der Waals surface area (Å²) in [5, 5.41) is 9.60. The number of rotatable bonds is 4. The van der Waals surface area contributed by atoms with Crippen molar-refractivity contribution in [1.29, 1.82) is 0 Å². The third-order valence-corrected chi connectivity index (χ3v) is 4.12. The maximum absolute atomic E-state index is 12.2. The van der Waals surface area contributed by atoms with Crippen LogP contribution in [-0.2, 0) is 6.42 Å². The first-order chi connectivity index (χ1) is 9.54. The summed E-state index contributed by atoms with van der Waals surface area (Å²) in [6, 6.07) is 5.56. The number of nitrogens with zero attached hydrogens (tertiary/aromatic N) is 1. The number of hydrogen-bond acceptors (Lipinski definition) is 3. The summed E-state index contributed by atoms with van der Waals surface area (Å²) < 4.78 is 1.56. The molecule has 20 heavy (non-hydrogen) atoms. The van der Waals surface area contributed by atoms with Crippen LogP contribution in [0.5, 0.6) is 0 Å². The minimum atomic E-state index is -0.339. The predicted octanol–water partition coefficient (Wildman–Crippen LogP) is 3.72. The molecular weight excluding hydrogens is 388 g/mol. The summed E-state index contributed by atoms with van der Waals surface area (Å²) in [6.45, 7) is 2.04. The Morgan fingerprint density at radius 1 is 1.40 bits per heavy atom. The Morgan fingerprint density at radius 2 is 2.05 bits per heavy atom. The molecule has 0 atom stereocenters. The van der Waals surface area contributed by atoms with Gasteiger partial charge in [-0.25, -0.2) is 0 Å². The van der Waals surface area contributed by atoms with Crippen LogP contribution in [0.3, 0.4) is 0 Å². The zero-order valence-corrected chi connectivity index (χ0v) is 14.0. The number of amides is 1. The molecule has 0 spiro atoms. The van der Waals surface area contributed by atoms with E-state index in [1.807, 2.05) is 25.1 Å². The Balaban J connectivity index is 2.25. The van der Waals surface area contributed by atoms with Crippen LogP contribution in [0.25, 0.3) is 0 Å². The van der Waals surface area contributed by atoms with E-state index in [1.165, 1.54) is 0 Å². The van der Waals surface area contributed by atoms with Crippen molar-refractivity contribution in [1.82, 2.24) is 10.2 Å². The van der Waals surface area contributed by atoms with Gasteiger partial charge in [-0.05, 0) is 50.4 Å². The van der Waals surface area contributed by atoms with Crippen molar-refractivity contribution in [3.8, 4) is 0 Å². The van der Waals surface area contributed by atoms with Gasteiger partial charge in [-0.2, -0.15) is 5.10 Å². The van der Waals surface area contributed by atoms with Gasteiger partial charge in [-0.3, -0.25) is 9.89 Å². The van der Waals surface area contributed by atoms with E-state index in [0.717, 1.165) is 27.5 Å².